The van der Waals surface area contributed by atoms with Crippen LogP contribution in [0.3, 0.4) is 0 Å². The Morgan fingerprint density at radius 3 is 2.48 bits per heavy atom. The van der Waals surface area contributed by atoms with Gasteiger partial charge in [-0.15, -0.1) is 0 Å². The van der Waals surface area contributed by atoms with Gasteiger partial charge in [0, 0.05) is 12.2 Å². The number of hydrogen-bond donors (Lipinski definition) is 1. The number of rotatable bonds is 6. The van der Waals surface area contributed by atoms with Gasteiger partial charge in [0.15, 0.2) is 0 Å². The Bertz CT molecular complexity index is 626. The van der Waals surface area contributed by atoms with Crippen molar-refractivity contribution in [3.63, 3.8) is 0 Å². The molecule has 1 aromatic carbocycles. The summed E-state index contributed by atoms with van der Waals surface area (Å²) in [4.78, 5) is 11.6. The summed E-state index contributed by atoms with van der Waals surface area (Å²) >= 11 is 0. The average Bonchev–Trinajstić information content (AvgIpc) is 2.42. The second kappa shape index (κ2) is 6.91. The van der Waals surface area contributed by atoms with E-state index in [4.69, 9.17) is 5.73 Å². The van der Waals surface area contributed by atoms with Crippen LogP contribution in [0, 0.1) is 13.8 Å². The van der Waals surface area contributed by atoms with E-state index in [0.29, 0.717) is 23.2 Å². The van der Waals surface area contributed by atoms with Crippen molar-refractivity contribution >= 4 is 21.7 Å². The minimum absolute atomic E-state index is 0.167. The Morgan fingerprint density at radius 1 is 1.33 bits per heavy atom. The zero-order valence-corrected chi connectivity index (χ0v) is 13.7. The molecule has 0 aliphatic rings. The summed E-state index contributed by atoms with van der Waals surface area (Å²) in [7, 11) is -2.57. The van der Waals surface area contributed by atoms with Gasteiger partial charge in [0.05, 0.1) is 12.0 Å². The zero-order valence-electron chi connectivity index (χ0n) is 12.8. The van der Waals surface area contributed by atoms with E-state index in [1.165, 1.54) is 7.11 Å². The molecule has 0 atom stereocenters. The van der Waals surface area contributed by atoms with Crippen molar-refractivity contribution in [3.8, 4) is 0 Å². The molecule has 0 aliphatic carbocycles. The fourth-order valence-electron chi connectivity index (χ4n) is 2.11. The van der Waals surface area contributed by atoms with Crippen LogP contribution in [0.2, 0.25) is 0 Å². The lowest BCUT2D eigenvalue weighted by Crippen LogP contribution is -2.37. The van der Waals surface area contributed by atoms with Gasteiger partial charge < -0.3 is 10.5 Å². The zero-order chi connectivity index (χ0) is 16.2. The Morgan fingerprint density at radius 2 is 1.95 bits per heavy atom. The maximum absolute atomic E-state index is 12.8. The predicted molar refractivity (Wildman–Crippen MR) is 81.4 cm³/mol. The highest BCUT2D eigenvalue weighted by Gasteiger charge is 2.29. The van der Waals surface area contributed by atoms with Crippen molar-refractivity contribution in [3.05, 3.63) is 23.3 Å². The quantitative estimate of drug-likeness (QED) is 0.634. The molecular weight excluding hydrogens is 292 g/mol. The van der Waals surface area contributed by atoms with Crippen LogP contribution in [0.5, 0.6) is 0 Å². The SMILES string of the molecule is CCCN(CC(=O)OC)S(=O)(=O)c1c(C)ccc(N)c1C. The molecule has 21 heavy (non-hydrogen) atoms. The molecule has 0 radical (unpaired) electrons. The lowest BCUT2D eigenvalue weighted by atomic mass is 10.1. The maximum atomic E-state index is 12.8. The normalized spacial score (nSPS) is 11.7. The van der Waals surface area contributed by atoms with Gasteiger partial charge >= 0.3 is 5.97 Å². The van der Waals surface area contributed by atoms with Gasteiger partial charge in [-0.2, -0.15) is 4.31 Å². The maximum Gasteiger partial charge on any atom is 0.321 e. The van der Waals surface area contributed by atoms with Gasteiger partial charge in [-0.25, -0.2) is 8.42 Å². The summed E-state index contributed by atoms with van der Waals surface area (Å²) in [5.74, 6) is -0.591. The molecule has 0 amide bonds. The van der Waals surface area contributed by atoms with Crippen molar-refractivity contribution in [1.29, 1.82) is 0 Å². The van der Waals surface area contributed by atoms with Gasteiger partial charge in [-0.3, -0.25) is 4.79 Å². The molecule has 2 N–H and O–H groups in total. The van der Waals surface area contributed by atoms with Crippen LogP contribution in [0.4, 0.5) is 5.69 Å². The van der Waals surface area contributed by atoms with Gasteiger partial charge in [-0.1, -0.05) is 13.0 Å². The number of esters is 1. The standard InChI is InChI=1S/C14H22N2O4S/c1-5-8-16(9-13(17)20-4)21(18,19)14-10(2)6-7-12(15)11(14)3/h6-7H,5,8-9,15H2,1-4H3. The number of hydrogen-bond acceptors (Lipinski definition) is 5. The molecule has 1 rings (SSSR count). The lowest BCUT2D eigenvalue weighted by Gasteiger charge is -2.23. The van der Waals surface area contributed by atoms with E-state index in [2.05, 4.69) is 4.74 Å². The Kier molecular flexibility index (Phi) is 5.74. The molecule has 0 unspecified atom stereocenters. The summed E-state index contributed by atoms with van der Waals surface area (Å²) in [6.07, 6.45) is 0.594. The van der Waals surface area contributed by atoms with Crippen LogP contribution in [-0.4, -0.2) is 38.9 Å². The highest BCUT2D eigenvalue weighted by atomic mass is 32.2. The van der Waals surface area contributed by atoms with E-state index in [-0.39, 0.29) is 18.0 Å². The van der Waals surface area contributed by atoms with E-state index in [9.17, 15) is 13.2 Å². The number of anilines is 1. The largest absolute Gasteiger partial charge is 0.468 e. The van der Waals surface area contributed by atoms with Crippen LogP contribution >= 0.6 is 0 Å². The highest BCUT2D eigenvalue weighted by molar-refractivity contribution is 7.89. The first kappa shape index (κ1) is 17.5. The van der Waals surface area contributed by atoms with E-state index in [1.807, 2.05) is 6.92 Å². The number of nitrogens with two attached hydrogens (primary N) is 1. The number of nitrogens with zero attached hydrogens (tertiary/aromatic N) is 1. The monoisotopic (exact) mass is 314 g/mol. The predicted octanol–water partition coefficient (Wildman–Crippen LogP) is 1.46. The van der Waals surface area contributed by atoms with Gasteiger partial charge in [0.2, 0.25) is 10.0 Å². The molecule has 6 nitrogen and oxygen atoms in total. The van der Waals surface area contributed by atoms with Gasteiger partial charge in [0.25, 0.3) is 0 Å². The summed E-state index contributed by atoms with van der Waals surface area (Å²) < 4.78 is 31.4. The molecule has 118 valence electrons. The third kappa shape index (κ3) is 3.74. The third-order valence-electron chi connectivity index (χ3n) is 3.25. The van der Waals surface area contributed by atoms with Crippen molar-refractivity contribution in [1.82, 2.24) is 4.31 Å². The molecule has 0 aromatic heterocycles. The van der Waals surface area contributed by atoms with E-state index in [1.54, 1.807) is 26.0 Å². The van der Waals surface area contributed by atoms with E-state index < -0.39 is 16.0 Å². The van der Waals surface area contributed by atoms with Crippen LogP contribution in [0.15, 0.2) is 17.0 Å². The number of aryl methyl sites for hydroxylation is 1. The minimum atomic E-state index is -3.80. The van der Waals surface area contributed by atoms with E-state index in [0.717, 1.165) is 4.31 Å². The topological polar surface area (TPSA) is 89.7 Å². The summed E-state index contributed by atoms with van der Waals surface area (Å²) in [5.41, 5.74) is 7.33. The molecule has 7 heteroatoms. The molecule has 0 saturated heterocycles. The summed E-state index contributed by atoms with van der Waals surface area (Å²) in [6.45, 7) is 5.16. The Labute approximate surface area is 125 Å². The van der Waals surface area contributed by atoms with Crippen LogP contribution in [0.1, 0.15) is 24.5 Å². The molecule has 0 heterocycles. The summed E-state index contributed by atoms with van der Waals surface area (Å²) in [6, 6.07) is 3.34. The minimum Gasteiger partial charge on any atom is -0.468 e. The number of nitrogen functional groups attached to an aromatic ring is 1. The second-order valence-electron chi connectivity index (χ2n) is 4.84. The third-order valence-corrected chi connectivity index (χ3v) is 5.38. The van der Waals surface area contributed by atoms with Crippen LogP contribution in [0.25, 0.3) is 0 Å². The number of carbonyl (C=O) groups excluding carboxylic acids is 1. The Hall–Kier alpha value is -1.60. The Balaban J connectivity index is 3.36. The molecular formula is C14H22N2O4S. The number of sulfonamides is 1. The van der Waals surface area contributed by atoms with Crippen molar-refractivity contribution in [2.75, 3.05) is 25.9 Å². The fourth-order valence-corrected chi connectivity index (χ4v) is 4.05. The molecule has 0 spiro atoms. The van der Waals surface area contributed by atoms with Crippen LogP contribution in [-0.2, 0) is 19.6 Å². The first-order valence-electron chi connectivity index (χ1n) is 6.68. The molecule has 1 aromatic rings. The van der Waals surface area contributed by atoms with E-state index >= 15 is 0 Å². The van der Waals surface area contributed by atoms with Gasteiger partial charge in [0.1, 0.15) is 6.54 Å². The number of methoxy groups -OCH3 is 1. The van der Waals surface area contributed by atoms with Crippen molar-refractivity contribution in [2.45, 2.75) is 32.1 Å². The second-order valence-corrected chi connectivity index (χ2v) is 6.72. The van der Waals surface area contributed by atoms with Gasteiger partial charge in [-0.05, 0) is 37.5 Å². The number of ether oxygens (including phenoxy) is 1. The first-order valence-corrected chi connectivity index (χ1v) is 8.12. The first-order chi connectivity index (χ1) is 9.75. The van der Waals surface area contributed by atoms with Crippen LogP contribution < -0.4 is 5.73 Å². The van der Waals surface area contributed by atoms with Crippen molar-refractivity contribution < 1.29 is 17.9 Å². The van der Waals surface area contributed by atoms with Crippen molar-refractivity contribution in [2.24, 2.45) is 0 Å². The molecule has 0 saturated carbocycles. The highest BCUT2D eigenvalue weighted by Crippen LogP contribution is 2.27. The fraction of sp³-hybridized carbons (Fsp3) is 0.500. The average molecular weight is 314 g/mol. The number of benzene rings is 1. The molecule has 0 fully saturated rings. The smallest absolute Gasteiger partial charge is 0.321 e. The number of carbonyl (C=O) groups is 1. The lowest BCUT2D eigenvalue weighted by molar-refractivity contribution is -0.140. The summed E-state index contributed by atoms with van der Waals surface area (Å²) in [5, 5.41) is 0. The molecule has 0 aliphatic heterocycles. The molecule has 0 bridgehead atoms.